The standard InChI is InChI=1S/C11H21NO2/c1-10(2)9-14-7-3-5-12-6-4-11(13)8-12/h10H,3-9H2,1-2H3. The molecule has 0 saturated carbocycles. The molecule has 1 aliphatic heterocycles. The van der Waals surface area contributed by atoms with Gasteiger partial charge in [0.25, 0.3) is 0 Å². The molecule has 1 fully saturated rings. The van der Waals surface area contributed by atoms with Crippen LogP contribution in [0.25, 0.3) is 0 Å². The van der Waals surface area contributed by atoms with E-state index in [1.807, 2.05) is 0 Å². The third-order valence-corrected chi connectivity index (χ3v) is 2.32. The first-order valence-corrected chi connectivity index (χ1v) is 5.50. The lowest BCUT2D eigenvalue weighted by molar-refractivity contribution is -0.116. The molecule has 1 saturated heterocycles. The van der Waals surface area contributed by atoms with E-state index in [4.69, 9.17) is 4.74 Å². The summed E-state index contributed by atoms with van der Waals surface area (Å²) in [6.45, 7) is 8.58. The minimum Gasteiger partial charge on any atom is -0.381 e. The zero-order chi connectivity index (χ0) is 10.4. The fourth-order valence-electron chi connectivity index (χ4n) is 1.59. The Hall–Kier alpha value is -0.410. The lowest BCUT2D eigenvalue weighted by Crippen LogP contribution is -2.23. The number of hydrogen-bond donors (Lipinski definition) is 0. The van der Waals surface area contributed by atoms with E-state index >= 15 is 0 Å². The van der Waals surface area contributed by atoms with Crippen LogP contribution in [0.3, 0.4) is 0 Å². The van der Waals surface area contributed by atoms with Crippen molar-refractivity contribution in [2.45, 2.75) is 26.7 Å². The van der Waals surface area contributed by atoms with Crippen LogP contribution in [0.15, 0.2) is 0 Å². The normalized spacial score (nSPS) is 18.4. The number of nitrogens with zero attached hydrogens (tertiary/aromatic N) is 1. The van der Waals surface area contributed by atoms with Gasteiger partial charge in [0, 0.05) is 32.7 Å². The van der Waals surface area contributed by atoms with Gasteiger partial charge in [0.2, 0.25) is 0 Å². The van der Waals surface area contributed by atoms with Crippen LogP contribution in [0, 0.1) is 5.92 Å². The van der Waals surface area contributed by atoms with Gasteiger partial charge in [-0.3, -0.25) is 9.69 Å². The number of Topliss-reactive ketones (excluding diaryl/α,β-unsaturated/α-hetero) is 1. The molecule has 3 heteroatoms. The van der Waals surface area contributed by atoms with Crippen LogP contribution in [0.2, 0.25) is 0 Å². The smallest absolute Gasteiger partial charge is 0.148 e. The fourth-order valence-corrected chi connectivity index (χ4v) is 1.59. The summed E-state index contributed by atoms with van der Waals surface area (Å²) in [5.41, 5.74) is 0. The molecule has 0 amide bonds. The molecule has 0 aromatic heterocycles. The fraction of sp³-hybridized carbons (Fsp3) is 0.909. The summed E-state index contributed by atoms with van der Waals surface area (Å²) in [5.74, 6) is 0.997. The van der Waals surface area contributed by atoms with E-state index in [1.165, 1.54) is 0 Å². The highest BCUT2D eigenvalue weighted by molar-refractivity contribution is 5.82. The Kier molecular flexibility index (Phi) is 5.12. The molecule has 82 valence electrons. The summed E-state index contributed by atoms with van der Waals surface area (Å²) in [5, 5.41) is 0. The van der Waals surface area contributed by atoms with E-state index in [9.17, 15) is 4.79 Å². The molecule has 1 aliphatic rings. The maximum absolute atomic E-state index is 11.0. The number of rotatable bonds is 6. The van der Waals surface area contributed by atoms with Crippen molar-refractivity contribution < 1.29 is 9.53 Å². The van der Waals surface area contributed by atoms with Crippen molar-refractivity contribution in [3.8, 4) is 0 Å². The molecule has 14 heavy (non-hydrogen) atoms. The van der Waals surface area contributed by atoms with Crippen LogP contribution in [0.1, 0.15) is 26.7 Å². The van der Waals surface area contributed by atoms with Crippen LogP contribution in [0.5, 0.6) is 0 Å². The number of carbonyl (C=O) groups excluding carboxylic acids is 1. The second-order valence-corrected chi connectivity index (χ2v) is 4.39. The summed E-state index contributed by atoms with van der Waals surface area (Å²) in [6, 6.07) is 0. The van der Waals surface area contributed by atoms with E-state index in [0.717, 1.165) is 39.1 Å². The average molecular weight is 199 g/mol. The van der Waals surface area contributed by atoms with E-state index < -0.39 is 0 Å². The minimum atomic E-state index is 0.382. The Morgan fingerprint density at radius 1 is 1.50 bits per heavy atom. The van der Waals surface area contributed by atoms with E-state index in [1.54, 1.807) is 0 Å². The first kappa shape index (κ1) is 11.7. The number of likely N-dealkylation sites (tertiary alicyclic amines) is 1. The maximum Gasteiger partial charge on any atom is 0.148 e. The molecule has 0 aromatic carbocycles. The molecule has 0 bridgehead atoms. The molecule has 3 nitrogen and oxygen atoms in total. The highest BCUT2D eigenvalue weighted by Gasteiger charge is 2.17. The predicted molar refractivity (Wildman–Crippen MR) is 56.3 cm³/mol. The summed E-state index contributed by atoms with van der Waals surface area (Å²) >= 11 is 0. The van der Waals surface area contributed by atoms with Gasteiger partial charge in [0.05, 0.1) is 6.54 Å². The average Bonchev–Trinajstić information content (AvgIpc) is 2.50. The zero-order valence-corrected chi connectivity index (χ0v) is 9.29. The largest absolute Gasteiger partial charge is 0.381 e. The monoisotopic (exact) mass is 199 g/mol. The highest BCUT2D eigenvalue weighted by atomic mass is 16.5. The maximum atomic E-state index is 11.0. The predicted octanol–water partition coefficient (Wildman–Crippen LogP) is 1.32. The molecule has 0 atom stereocenters. The van der Waals surface area contributed by atoms with Gasteiger partial charge in [-0.2, -0.15) is 0 Å². The first-order valence-electron chi connectivity index (χ1n) is 5.50. The van der Waals surface area contributed by atoms with Gasteiger partial charge < -0.3 is 4.74 Å². The van der Waals surface area contributed by atoms with Gasteiger partial charge >= 0.3 is 0 Å². The molecule has 0 aliphatic carbocycles. The van der Waals surface area contributed by atoms with Crippen molar-refractivity contribution in [2.75, 3.05) is 32.8 Å². The van der Waals surface area contributed by atoms with Crippen molar-refractivity contribution in [3.05, 3.63) is 0 Å². The van der Waals surface area contributed by atoms with Gasteiger partial charge in [-0.1, -0.05) is 13.8 Å². The van der Waals surface area contributed by atoms with Crippen molar-refractivity contribution in [3.63, 3.8) is 0 Å². The van der Waals surface area contributed by atoms with Gasteiger partial charge in [-0.25, -0.2) is 0 Å². The number of ketones is 1. The highest BCUT2D eigenvalue weighted by Crippen LogP contribution is 2.04. The summed E-state index contributed by atoms with van der Waals surface area (Å²) in [7, 11) is 0. The van der Waals surface area contributed by atoms with Gasteiger partial charge in [-0.05, 0) is 12.3 Å². The Labute approximate surface area is 86.4 Å². The van der Waals surface area contributed by atoms with Crippen LogP contribution >= 0.6 is 0 Å². The van der Waals surface area contributed by atoms with Gasteiger partial charge in [0.15, 0.2) is 0 Å². The van der Waals surface area contributed by atoms with Crippen molar-refractivity contribution in [2.24, 2.45) is 5.92 Å². The van der Waals surface area contributed by atoms with Crippen LogP contribution in [-0.2, 0) is 9.53 Å². The second-order valence-electron chi connectivity index (χ2n) is 4.39. The molecule has 0 unspecified atom stereocenters. The number of carbonyl (C=O) groups is 1. The number of ether oxygens (including phenoxy) is 1. The Balaban J connectivity index is 1.91. The van der Waals surface area contributed by atoms with E-state index in [0.29, 0.717) is 18.2 Å². The Bertz CT molecular complexity index is 180. The topological polar surface area (TPSA) is 29.5 Å². The lowest BCUT2D eigenvalue weighted by Gasteiger charge is -2.13. The molecular weight excluding hydrogens is 178 g/mol. The molecule has 0 spiro atoms. The minimum absolute atomic E-state index is 0.382. The quantitative estimate of drug-likeness (QED) is 0.604. The number of hydrogen-bond acceptors (Lipinski definition) is 3. The van der Waals surface area contributed by atoms with Crippen molar-refractivity contribution in [1.29, 1.82) is 0 Å². The molecule has 0 N–H and O–H groups in total. The first-order chi connectivity index (χ1) is 6.68. The van der Waals surface area contributed by atoms with Crippen LogP contribution in [-0.4, -0.2) is 43.5 Å². The molecule has 1 rings (SSSR count). The second kappa shape index (κ2) is 6.14. The third-order valence-electron chi connectivity index (χ3n) is 2.32. The summed E-state index contributed by atoms with van der Waals surface area (Å²) in [6.07, 6.45) is 1.78. The van der Waals surface area contributed by atoms with Crippen LogP contribution < -0.4 is 0 Å². The lowest BCUT2D eigenvalue weighted by atomic mass is 10.2. The van der Waals surface area contributed by atoms with E-state index in [-0.39, 0.29) is 0 Å². The van der Waals surface area contributed by atoms with Gasteiger partial charge in [0.1, 0.15) is 5.78 Å². The van der Waals surface area contributed by atoms with Crippen LogP contribution in [0.4, 0.5) is 0 Å². The molecular formula is C11H21NO2. The SMILES string of the molecule is CC(C)COCCCN1CCC(=O)C1. The van der Waals surface area contributed by atoms with E-state index in [2.05, 4.69) is 18.7 Å². The molecule has 0 radical (unpaired) electrons. The summed E-state index contributed by atoms with van der Waals surface area (Å²) in [4.78, 5) is 13.2. The molecule has 1 heterocycles. The summed E-state index contributed by atoms with van der Waals surface area (Å²) < 4.78 is 5.47. The Morgan fingerprint density at radius 3 is 2.86 bits per heavy atom. The zero-order valence-electron chi connectivity index (χ0n) is 9.29. The third kappa shape index (κ3) is 4.72. The van der Waals surface area contributed by atoms with Crippen molar-refractivity contribution in [1.82, 2.24) is 4.90 Å². The van der Waals surface area contributed by atoms with Gasteiger partial charge in [-0.15, -0.1) is 0 Å². The van der Waals surface area contributed by atoms with Crippen molar-refractivity contribution >= 4 is 5.78 Å². The molecule has 0 aromatic rings. The Morgan fingerprint density at radius 2 is 2.29 bits per heavy atom.